The van der Waals surface area contributed by atoms with E-state index in [4.69, 9.17) is 0 Å². The van der Waals surface area contributed by atoms with Gasteiger partial charge in [-0.25, -0.2) is 9.37 Å². The number of hydrogen-bond acceptors (Lipinski definition) is 5. The molecule has 0 atom stereocenters. The first kappa shape index (κ1) is 21.5. The van der Waals surface area contributed by atoms with Crippen molar-refractivity contribution in [1.82, 2.24) is 20.5 Å². The molecule has 8 heteroatoms. The Balaban J connectivity index is 1.33. The molecular weight excluding hydrogens is 387 g/mol. The Labute approximate surface area is 176 Å². The quantitative estimate of drug-likeness (QED) is 0.411. The molecule has 6 nitrogen and oxygen atoms in total. The summed E-state index contributed by atoms with van der Waals surface area (Å²) in [5.74, 6) is 0.688. The van der Waals surface area contributed by atoms with Crippen LogP contribution >= 0.6 is 11.3 Å². The summed E-state index contributed by atoms with van der Waals surface area (Å²) in [6.07, 6.45) is 1.04. The number of rotatable bonds is 7. The van der Waals surface area contributed by atoms with Crippen molar-refractivity contribution < 1.29 is 4.39 Å². The maximum absolute atomic E-state index is 13.9. The molecule has 158 valence electrons. The molecule has 29 heavy (non-hydrogen) atoms. The van der Waals surface area contributed by atoms with Gasteiger partial charge >= 0.3 is 0 Å². The largest absolute Gasteiger partial charge is 0.367 e. The molecule has 0 aliphatic carbocycles. The lowest BCUT2D eigenvalue weighted by molar-refractivity contribution is 0.254. The minimum absolute atomic E-state index is 0.132. The maximum Gasteiger partial charge on any atom is 0.191 e. The molecule has 3 rings (SSSR count). The van der Waals surface area contributed by atoms with Crippen LogP contribution < -0.4 is 15.5 Å². The van der Waals surface area contributed by atoms with Gasteiger partial charge in [-0.15, -0.1) is 11.3 Å². The lowest BCUT2D eigenvalue weighted by Crippen LogP contribution is -2.47. The molecule has 1 fully saturated rings. The van der Waals surface area contributed by atoms with E-state index < -0.39 is 0 Å². The third kappa shape index (κ3) is 6.14. The average molecular weight is 419 g/mol. The number of aromatic nitrogens is 1. The van der Waals surface area contributed by atoms with Gasteiger partial charge in [0, 0.05) is 44.6 Å². The molecule has 1 aliphatic heterocycles. The van der Waals surface area contributed by atoms with Crippen LogP contribution in [0.1, 0.15) is 22.0 Å². The maximum atomic E-state index is 13.9. The Morgan fingerprint density at radius 3 is 2.59 bits per heavy atom. The zero-order valence-corrected chi connectivity index (χ0v) is 18.4. The Bertz CT molecular complexity index is 813. The van der Waals surface area contributed by atoms with Gasteiger partial charge in [0.25, 0.3) is 0 Å². The predicted octanol–water partition coefficient (Wildman–Crippen LogP) is 2.78. The fourth-order valence-corrected chi connectivity index (χ4v) is 4.43. The van der Waals surface area contributed by atoms with Crippen LogP contribution in [0.3, 0.4) is 0 Å². The van der Waals surface area contributed by atoms with Crippen LogP contribution in [0.2, 0.25) is 0 Å². The Hall–Kier alpha value is -2.19. The number of benzene rings is 1. The zero-order valence-electron chi connectivity index (χ0n) is 17.5. The van der Waals surface area contributed by atoms with E-state index in [1.807, 2.05) is 26.0 Å². The number of hydrogen-bond donors (Lipinski definition) is 2. The predicted molar refractivity (Wildman–Crippen MR) is 119 cm³/mol. The van der Waals surface area contributed by atoms with Gasteiger partial charge in [-0.2, -0.15) is 0 Å². The molecule has 0 amide bonds. The van der Waals surface area contributed by atoms with Crippen molar-refractivity contribution >= 4 is 23.0 Å². The Morgan fingerprint density at radius 2 is 1.93 bits per heavy atom. The molecular formula is C21H31FN6S. The van der Waals surface area contributed by atoms with Gasteiger partial charge < -0.3 is 15.5 Å². The van der Waals surface area contributed by atoms with Crippen LogP contribution in [-0.2, 0) is 6.54 Å². The third-order valence-electron chi connectivity index (χ3n) is 5.15. The highest BCUT2D eigenvalue weighted by Crippen LogP contribution is 2.20. The highest BCUT2D eigenvalue weighted by molar-refractivity contribution is 7.11. The summed E-state index contributed by atoms with van der Waals surface area (Å²) < 4.78 is 13.9. The number of aryl methyl sites for hydroxylation is 2. The van der Waals surface area contributed by atoms with Crippen molar-refractivity contribution in [2.45, 2.75) is 26.8 Å². The standard InChI is InChI=1S/C21H31FN6S/c1-16-20(29-17(2)26-16)15-25-21(23-3)24-9-6-10-27-11-13-28(14-12-27)19-8-5-4-7-18(19)22/h4-5,7-8H,6,9-15H2,1-3H3,(H2,23,24,25). The number of para-hydroxylation sites is 1. The van der Waals surface area contributed by atoms with Crippen LogP contribution in [0.5, 0.6) is 0 Å². The van der Waals surface area contributed by atoms with Crippen molar-refractivity contribution in [2.75, 3.05) is 51.2 Å². The number of halogens is 1. The molecule has 2 aromatic rings. The lowest BCUT2D eigenvalue weighted by atomic mass is 10.2. The molecule has 2 N–H and O–H groups in total. The summed E-state index contributed by atoms with van der Waals surface area (Å²) in [4.78, 5) is 14.6. The second kappa shape index (κ2) is 10.5. The number of thiazole rings is 1. The van der Waals surface area contributed by atoms with Crippen molar-refractivity contribution in [3.05, 3.63) is 45.7 Å². The number of piperazine rings is 1. The highest BCUT2D eigenvalue weighted by Gasteiger charge is 2.18. The van der Waals surface area contributed by atoms with Gasteiger partial charge in [0.1, 0.15) is 5.82 Å². The highest BCUT2D eigenvalue weighted by atomic mass is 32.1. The molecule has 1 aromatic carbocycles. The van der Waals surface area contributed by atoms with Gasteiger partial charge in [0.2, 0.25) is 0 Å². The fraction of sp³-hybridized carbons (Fsp3) is 0.524. The lowest BCUT2D eigenvalue weighted by Gasteiger charge is -2.36. The minimum atomic E-state index is -0.132. The molecule has 0 bridgehead atoms. The zero-order chi connectivity index (χ0) is 20.6. The molecule has 1 saturated heterocycles. The smallest absolute Gasteiger partial charge is 0.191 e. The van der Waals surface area contributed by atoms with E-state index in [1.54, 1.807) is 24.5 Å². The van der Waals surface area contributed by atoms with Gasteiger partial charge in [-0.3, -0.25) is 9.89 Å². The van der Waals surface area contributed by atoms with Crippen molar-refractivity contribution in [3.8, 4) is 0 Å². The number of nitrogens with one attached hydrogen (secondary N) is 2. The van der Waals surface area contributed by atoms with Crippen LogP contribution in [0.4, 0.5) is 10.1 Å². The molecule has 1 aliphatic rings. The van der Waals surface area contributed by atoms with Gasteiger partial charge in [0.05, 0.1) is 22.9 Å². The molecule has 1 aromatic heterocycles. The first-order chi connectivity index (χ1) is 14.1. The molecule has 0 saturated carbocycles. The third-order valence-corrected chi connectivity index (χ3v) is 6.22. The van der Waals surface area contributed by atoms with E-state index in [-0.39, 0.29) is 5.82 Å². The Kier molecular flexibility index (Phi) is 7.83. The Morgan fingerprint density at radius 1 is 1.17 bits per heavy atom. The van der Waals surface area contributed by atoms with Crippen LogP contribution in [0, 0.1) is 19.7 Å². The van der Waals surface area contributed by atoms with E-state index in [2.05, 4.69) is 30.4 Å². The number of aliphatic imine (C=N–C) groups is 1. The van der Waals surface area contributed by atoms with Crippen molar-refractivity contribution in [3.63, 3.8) is 0 Å². The normalized spacial score (nSPS) is 15.6. The molecule has 0 unspecified atom stereocenters. The molecule has 2 heterocycles. The SMILES string of the molecule is CN=C(NCCCN1CCN(c2ccccc2F)CC1)NCc1sc(C)nc1C. The minimum Gasteiger partial charge on any atom is -0.367 e. The van der Waals surface area contributed by atoms with Gasteiger partial charge in [-0.05, 0) is 38.9 Å². The first-order valence-corrected chi connectivity index (χ1v) is 11.0. The second-order valence-corrected chi connectivity index (χ2v) is 8.52. The monoisotopic (exact) mass is 418 g/mol. The summed E-state index contributed by atoms with van der Waals surface area (Å²) >= 11 is 1.72. The fourth-order valence-electron chi connectivity index (χ4n) is 3.55. The van der Waals surface area contributed by atoms with E-state index in [0.717, 1.165) is 74.6 Å². The van der Waals surface area contributed by atoms with E-state index in [9.17, 15) is 4.39 Å². The van der Waals surface area contributed by atoms with Crippen LogP contribution in [0.25, 0.3) is 0 Å². The van der Waals surface area contributed by atoms with Crippen molar-refractivity contribution in [1.29, 1.82) is 0 Å². The van der Waals surface area contributed by atoms with E-state index in [0.29, 0.717) is 0 Å². The van der Waals surface area contributed by atoms with Gasteiger partial charge in [0.15, 0.2) is 5.96 Å². The number of anilines is 1. The number of guanidine groups is 1. The summed E-state index contributed by atoms with van der Waals surface area (Å²) in [5.41, 5.74) is 1.81. The summed E-state index contributed by atoms with van der Waals surface area (Å²) in [7, 11) is 1.79. The van der Waals surface area contributed by atoms with Crippen LogP contribution in [0.15, 0.2) is 29.3 Å². The summed E-state index contributed by atoms with van der Waals surface area (Å²) in [6.45, 7) is 10.4. The molecule has 0 radical (unpaired) electrons. The second-order valence-electron chi connectivity index (χ2n) is 7.23. The van der Waals surface area contributed by atoms with E-state index in [1.165, 1.54) is 10.9 Å². The topological polar surface area (TPSA) is 55.8 Å². The van der Waals surface area contributed by atoms with E-state index >= 15 is 0 Å². The number of nitrogens with zero attached hydrogens (tertiary/aromatic N) is 4. The first-order valence-electron chi connectivity index (χ1n) is 10.2. The summed E-state index contributed by atoms with van der Waals surface area (Å²) in [6, 6.07) is 7.04. The average Bonchev–Trinajstić information content (AvgIpc) is 3.05. The van der Waals surface area contributed by atoms with Gasteiger partial charge in [-0.1, -0.05) is 12.1 Å². The summed E-state index contributed by atoms with van der Waals surface area (Å²) in [5, 5.41) is 7.84. The molecule has 0 spiro atoms. The van der Waals surface area contributed by atoms with Crippen LogP contribution in [-0.4, -0.2) is 62.2 Å². The van der Waals surface area contributed by atoms with Crippen molar-refractivity contribution in [2.24, 2.45) is 4.99 Å².